The standard InChI is InChI=1S/C26H28O3S/c1-5-18-6-8-19(9-7-18)24-14-20-10-11-21(15-25(20)30-24)28-22-12-13-23(17(22)4)29-26(27)16(2)3/h6-11,14-15,17,22-23H,2,5,12-13H2,1,3-4H3. The molecule has 1 aromatic heterocycles. The van der Waals surface area contributed by atoms with Crippen LogP contribution in [0.3, 0.4) is 0 Å². The second-order valence-corrected chi connectivity index (χ2v) is 9.26. The van der Waals surface area contributed by atoms with E-state index in [4.69, 9.17) is 9.47 Å². The predicted octanol–water partition coefficient (Wildman–Crippen LogP) is 6.80. The maximum Gasteiger partial charge on any atom is 0.333 e. The van der Waals surface area contributed by atoms with Crippen LogP contribution in [0.25, 0.3) is 20.5 Å². The lowest BCUT2D eigenvalue weighted by Crippen LogP contribution is -2.28. The lowest BCUT2D eigenvalue weighted by Gasteiger charge is -2.22. The lowest BCUT2D eigenvalue weighted by atomic mass is 10.1. The highest BCUT2D eigenvalue weighted by molar-refractivity contribution is 7.22. The van der Waals surface area contributed by atoms with Gasteiger partial charge in [0.15, 0.2) is 0 Å². The van der Waals surface area contributed by atoms with Crippen LogP contribution >= 0.6 is 11.3 Å². The summed E-state index contributed by atoms with van der Waals surface area (Å²) in [5.74, 6) is 0.716. The van der Waals surface area contributed by atoms with E-state index in [1.807, 2.05) is 6.07 Å². The van der Waals surface area contributed by atoms with Crippen LogP contribution in [-0.2, 0) is 16.0 Å². The van der Waals surface area contributed by atoms with Crippen LogP contribution < -0.4 is 4.74 Å². The third-order valence-electron chi connectivity index (χ3n) is 5.94. The van der Waals surface area contributed by atoms with Gasteiger partial charge < -0.3 is 9.47 Å². The van der Waals surface area contributed by atoms with Gasteiger partial charge in [-0.05, 0) is 67.0 Å². The number of carbonyl (C=O) groups is 1. The maximum atomic E-state index is 11.8. The highest BCUT2D eigenvalue weighted by Gasteiger charge is 2.37. The van der Waals surface area contributed by atoms with E-state index < -0.39 is 0 Å². The van der Waals surface area contributed by atoms with Gasteiger partial charge in [0.2, 0.25) is 0 Å². The molecule has 0 bridgehead atoms. The first-order chi connectivity index (χ1) is 14.4. The van der Waals surface area contributed by atoms with Gasteiger partial charge in [-0.1, -0.05) is 44.7 Å². The van der Waals surface area contributed by atoms with Crippen LogP contribution in [0.5, 0.6) is 5.75 Å². The Balaban J connectivity index is 1.47. The summed E-state index contributed by atoms with van der Waals surface area (Å²) in [5.41, 5.74) is 3.05. The Labute approximate surface area is 182 Å². The molecule has 0 amide bonds. The highest BCUT2D eigenvalue weighted by Crippen LogP contribution is 2.37. The second kappa shape index (κ2) is 8.65. The zero-order valence-electron chi connectivity index (χ0n) is 17.8. The Morgan fingerprint density at radius 3 is 2.53 bits per heavy atom. The molecule has 0 saturated heterocycles. The van der Waals surface area contributed by atoms with Crippen molar-refractivity contribution >= 4 is 27.4 Å². The number of benzene rings is 2. The highest BCUT2D eigenvalue weighted by atomic mass is 32.1. The van der Waals surface area contributed by atoms with E-state index >= 15 is 0 Å². The van der Waals surface area contributed by atoms with E-state index in [-0.39, 0.29) is 24.1 Å². The first-order valence-corrected chi connectivity index (χ1v) is 11.4. The molecule has 0 aliphatic heterocycles. The number of hydrogen-bond donors (Lipinski definition) is 0. The molecule has 2 aromatic carbocycles. The molecule has 30 heavy (non-hydrogen) atoms. The lowest BCUT2D eigenvalue weighted by molar-refractivity contribution is -0.146. The molecule has 0 N–H and O–H groups in total. The fourth-order valence-electron chi connectivity index (χ4n) is 3.97. The molecule has 1 saturated carbocycles. The number of esters is 1. The van der Waals surface area contributed by atoms with Crippen LogP contribution in [-0.4, -0.2) is 18.2 Å². The maximum absolute atomic E-state index is 11.8. The second-order valence-electron chi connectivity index (χ2n) is 8.18. The van der Waals surface area contributed by atoms with Crippen LogP contribution in [0.4, 0.5) is 0 Å². The van der Waals surface area contributed by atoms with Crippen molar-refractivity contribution in [2.24, 2.45) is 5.92 Å². The van der Waals surface area contributed by atoms with Gasteiger partial charge in [0.05, 0.1) is 0 Å². The molecule has 4 heteroatoms. The zero-order chi connectivity index (χ0) is 21.3. The monoisotopic (exact) mass is 420 g/mol. The van der Waals surface area contributed by atoms with E-state index in [0.29, 0.717) is 5.57 Å². The first kappa shape index (κ1) is 20.7. The average molecular weight is 421 g/mol. The topological polar surface area (TPSA) is 35.5 Å². The Morgan fingerprint density at radius 2 is 1.83 bits per heavy atom. The van der Waals surface area contributed by atoms with Crippen molar-refractivity contribution in [3.05, 3.63) is 66.2 Å². The van der Waals surface area contributed by atoms with Crippen molar-refractivity contribution in [2.75, 3.05) is 0 Å². The Morgan fingerprint density at radius 1 is 1.10 bits per heavy atom. The van der Waals surface area contributed by atoms with Crippen molar-refractivity contribution in [2.45, 2.75) is 52.2 Å². The summed E-state index contributed by atoms with van der Waals surface area (Å²) in [5, 5.41) is 1.23. The van der Waals surface area contributed by atoms with Gasteiger partial charge in [-0.3, -0.25) is 0 Å². The molecule has 3 aromatic rings. The summed E-state index contributed by atoms with van der Waals surface area (Å²) in [4.78, 5) is 13.1. The molecule has 156 valence electrons. The minimum absolute atomic E-state index is 0.0476. The Bertz CT molecular complexity index is 1060. The van der Waals surface area contributed by atoms with E-state index in [0.717, 1.165) is 25.0 Å². The largest absolute Gasteiger partial charge is 0.490 e. The van der Waals surface area contributed by atoms with E-state index in [2.05, 4.69) is 62.9 Å². The number of aryl methyl sites for hydroxylation is 1. The van der Waals surface area contributed by atoms with Gasteiger partial charge in [-0.25, -0.2) is 4.79 Å². The number of fused-ring (bicyclic) bond motifs is 1. The van der Waals surface area contributed by atoms with Gasteiger partial charge in [0, 0.05) is 21.1 Å². The number of thiophene rings is 1. The predicted molar refractivity (Wildman–Crippen MR) is 124 cm³/mol. The van der Waals surface area contributed by atoms with Gasteiger partial charge in [0.1, 0.15) is 18.0 Å². The van der Waals surface area contributed by atoms with Gasteiger partial charge in [-0.2, -0.15) is 0 Å². The Kier molecular flexibility index (Phi) is 5.96. The third kappa shape index (κ3) is 4.29. The van der Waals surface area contributed by atoms with Crippen molar-refractivity contribution in [3.8, 4) is 16.2 Å². The van der Waals surface area contributed by atoms with Crippen LogP contribution in [0.15, 0.2) is 60.7 Å². The summed E-state index contributed by atoms with van der Waals surface area (Å²) in [6, 6.07) is 17.4. The molecule has 1 heterocycles. The fourth-order valence-corrected chi connectivity index (χ4v) is 5.07. The normalized spacial score (nSPS) is 21.0. The molecule has 3 unspecified atom stereocenters. The van der Waals surface area contributed by atoms with Crippen LogP contribution in [0, 0.1) is 5.92 Å². The van der Waals surface area contributed by atoms with Crippen molar-refractivity contribution in [1.82, 2.24) is 0 Å². The number of hydrogen-bond acceptors (Lipinski definition) is 4. The molecular weight excluding hydrogens is 392 g/mol. The summed E-state index contributed by atoms with van der Waals surface area (Å²) in [6.45, 7) is 9.61. The van der Waals surface area contributed by atoms with Crippen molar-refractivity contribution in [1.29, 1.82) is 0 Å². The minimum atomic E-state index is -0.313. The van der Waals surface area contributed by atoms with Gasteiger partial charge >= 0.3 is 5.97 Å². The summed E-state index contributed by atoms with van der Waals surface area (Å²) in [7, 11) is 0. The van der Waals surface area contributed by atoms with Crippen LogP contribution in [0.2, 0.25) is 0 Å². The molecule has 1 aliphatic carbocycles. The average Bonchev–Trinajstić information content (AvgIpc) is 3.32. The summed E-state index contributed by atoms with van der Waals surface area (Å²) >= 11 is 1.79. The summed E-state index contributed by atoms with van der Waals surface area (Å²) < 4.78 is 13.1. The fraction of sp³-hybridized carbons (Fsp3) is 0.346. The molecule has 1 fully saturated rings. The summed E-state index contributed by atoms with van der Waals surface area (Å²) in [6.07, 6.45) is 2.70. The Hall–Kier alpha value is -2.59. The first-order valence-electron chi connectivity index (χ1n) is 10.6. The molecule has 3 atom stereocenters. The van der Waals surface area contributed by atoms with Crippen molar-refractivity contribution < 1.29 is 14.3 Å². The zero-order valence-corrected chi connectivity index (χ0v) is 18.6. The number of ether oxygens (including phenoxy) is 2. The molecular formula is C26H28O3S. The minimum Gasteiger partial charge on any atom is -0.490 e. The van der Waals surface area contributed by atoms with E-state index in [1.54, 1.807) is 18.3 Å². The molecule has 3 nitrogen and oxygen atoms in total. The molecule has 0 radical (unpaired) electrons. The SMILES string of the molecule is C=C(C)C(=O)OC1CCC(Oc2ccc3cc(-c4ccc(CC)cc4)sc3c2)C1C. The van der Waals surface area contributed by atoms with Crippen molar-refractivity contribution in [3.63, 3.8) is 0 Å². The van der Waals surface area contributed by atoms with E-state index in [9.17, 15) is 4.79 Å². The molecule has 4 rings (SSSR count). The number of rotatable bonds is 6. The molecule has 1 aliphatic rings. The number of carbonyl (C=O) groups excluding carboxylic acids is 1. The van der Waals surface area contributed by atoms with E-state index in [1.165, 1.54) is 26.1 Å². The van der Waals surface area contributed by atoms with Crippen LogP contribution in [0.1, 0.15) is 39.2 Å². The van der Waals surface area contributed by atoms with Gasteiger partial charge in [-0.15, -0.1) is 11.3 Å². The smallest absolute Gasteiger partial charge is 0.333 e. The third-order valence-corrected chi connectivity index (χ3v) is 7.09. The van der Waals surface area contributed by atoms with Gasteiger partial charge in [0.25, 0.3) is 0 Å². The quantitative estimate of drug-likeness (QED) is 0.325. The molecule has 0 spiro atoms.